The molecule has 3 heterocycles. The average molecular weight is 541 g/mol. The Labute approximate surface area is 232 Å². The third-order valence-electron chi connectivity index (χ3n) is 7.90. The number of ether oxygens (including phenoxy) is 1. The van der Waals surface area contributed by atoms with E-state index in [0.717, 1.165) is 40.8 Å². The first-order chi connectivity index (χ1) is 19.4. The minimum atomic E-state index is -0.350. The maximum atomic E-state index is 13.6. The lowest BCUT2D eigenvalue weighted by Crippen LogP contribution is -2.28. The van der Waals surface area contributed by atoms with Crippen molar-refractivity contribution in [3.63, 3.8) is 0 Å². The van der Waals surface area contributed by atoms with Crippen LogP contribution in [0.1, 0.15) is 31.0 Å². The maximum Gasteiger partial charge on any atom is 0.246 e. The number of likely N-dealkylation sites (tertiary alicyclic amines) is 1. The second-order valence-corrected chi connectivity index (χ2v) is 10.7. The summed E-state index contributed by atoms with van der Waals surface area (Å²) in [4.78, 5) is 26.0. The zero-order valence-corrected chi connectivity index (χ0v) is 22.8. The number of rotatable bonds is 8. The van der Waals surface area contributed by atoms with Gasteiger partial charge in [0.05, 0.1) is 11.4 Å². The number of hydrogen-bond donors (Lipinski definition) is 1. The highest BCUT2D eigenvalue weighted by Crippen LogP contribution is 2.40. The summed E-state index contributed by atoms with van der Waals surface area (Å²) < 4.78 is 21.6. The van der Waals surface area contributed by atoms with Gasteiger partial charge in [0.1, 0.15) is 35.1 Å². The topological polar surface area (TPSA) is 89.5 Å². The van der Waals surface area contributed by atoms with E-state index in [-0.39, 0.29) is 17.8 Å². The van der Waals surface area contributed by atoms with Gasteiger partial charge < -0.3 is 19.9 Å². The van der Waals surface area contributed by atoms with Crippen LogP contribution < -0.4 is 10.5 Å². The van der Waals surface area contributed by atoms with Gasteiger partial charge in [-0.3, -0.25) is 9.69 Å². The van der Waals surface area contributed by atoms with Crippen molar-refractivity contribution in [1.82, 2.24) is 24.3 Å². The number of likely N-dealkylation sites (N-methyl/N-ethyl adjacent to an activating group) is 1. The Morgan fingerprint density at radius 3 is 2.70 bits per heavy atom. The van der Waals surface area contributed by atoms with Crippen LogP contribution in [0.4, 0.5) is 10.2 Å². The molecule has 206 valence electrons. The quantitative estimate of drug-likeness (QED) is 0.303. The zero-order valence-electron chi connectivity index (χ0n) is 22.8. The predicted octanol–water partition coefficient (Wildman–Crippen LogP) is 5.34. The fourth-order valence-electron chi connectivity index (χ4n) is 5.67. The molecule has 0 unspecified atom stereocenters. The molecule has 1 aliphatic carbocycles. The van der Waals surface area contributed by atoms with E-state index in [4.69, 9.17) is 10.5 Å². The molecule has 40 heavy (non-hydrogen) atoms. The minimum absolute atomic E-state index is 0.0454. The molecule has 1 saturated heterocycles. The Morgan fingerprint density at radius 2 is 1.95 bits per heavy atom. The lowest BCUT2D eigenvalue weighted by Gasteiger charge is -2.18. The van der Waals surface area contributed by atoms with Crippen LogP contribution in [-0.2, 0) is 4.79 Å². The third-order valence-corrected chi connectivity index (χ3v) is 7.90. The summed E-state index contributed by atoms with van der Waals surface area (Å²) in [6.45, 7) is 4.15. The number of benzene rings is 2. The van der Waals surface area contributed by atoms with Crippen LogP contribution in [0.3, 0.4) is 0 Å². The van der Waals surface area contributed by atoms with Gasteiger partial charge in [-0.25, -0.2) is 14.4 Å². The highest BCUT2D eigenvalue weighted by atomic mass is 19.1. The van der Waals surface area contributed by atoms with E-state index in [2.05, 4.69) is 33.4 Å². The summed E-state index contributed by atoms with van der Waals surface area (Å²) in [7, 11) is 2.11. The van der Waals surface area contributed by atoms with Gasteiger partial charge in [-0.2, -0.15) is 0 Å². The molecule has 2 aromatic heterocycles. The maximum absolute atomic E-state index is 13.6. The Kier molecular flexibility index (Phi) is 6.98. The van der Waals surface area contributed by atoms with E-state index in [9.17, 15) is 9.18 Å². The molecule has 2 N–H and O–H groups in total. The van der Waals surface area contributed by atoms with Gasteiger partial charge in [-0.15, -0.1) is 0 Å². The molecule has 2 fully saturated rings. The number of carbonyl (C=O) groups excluding carboxylic acids is 1. The lowest BCUT2D eigenvalue weighted by molar-refractivity contribution is -0.125. The summed E-state index contributed by atoms with van der Waals surface area (Å²) >= 11 is 0. The van der Waals surface area contributed by atoms with Crippen molar-refractivity contribution in [3.05, 3.63) is 78.5 Å². The number of nitrogens with two attached hydrogens (primary N) is 1. The highest BCUT2D eigenvalue weighted by molar-refractivity contribution is 6.02. The minimum Gasteiger partial charge on any atom is -0.457 e. The number of halogens is 1. The Bertz CT molecular complexity index is 1580. The molecule has 0 spiro atoms. The van der Waals surface area contributed by atoms with E-state index in [1.165, 1.54) is 31.3 Å². The Balaban J connectivity index is 1.25. The number of aromatic nitrogens is 3. The van der Waals surface area contributed by atoms with Crippen molar-refractivity contribution in [3.8, 4) is 22.6 Å². The number of anilines is 1. The summed E-state index contributed by atoms with van der Waals surface area (Å²) in [6, 6.07) is 14.4. The van der Waals surface area contributed by atoms with Crippen LogP contribution in [0.15, 0.2) is 67.0 Å². The fourth-order valence-corrected chi connectivity index (χ4v) is 5.67. The van der Waals surface area contributed by atoms with Crippen molar-refractivity contribution in [1.29, 1.82) is 0 Å². The molecule has 8 nitrogen and oxygen atoms in total. The predicted molar refractivity (Wildman–Crippen MR) is 154 cm³/mol. The number of amides is 1. The molecule has 0 bridgehead atoms. The molecule has 1 atom stereocenters. The van der Waals surface area contributed by atoms with Gasteiger partial charge in [0.2, 0.25) is 5.91 Å². The molecular formula is C31H33FN6O2. The van der Waals surface area contributed by atoms with Crippen molar-refractivity contribution >= 4 is 22.8 Å². The summed E-state index contributed by atoms with van der Waals surface area (Å²) in [5.74, 6) is 1.14. The van der Waals surface area contributed by atoms with Crippen LogP contribution in [-0.4, -0.2) is 63.0 Å². The molecular weight excluding hydrogens is 507 g/mol. The number of carbonyl (C=O) groups is 1. The Hall–Kier alpha value is -4.24. The van der Waals surface area contributed by atoms with Crippen LogP contribution in [0.5, 0.6) is 11.5 Å². The standard InChI is InChI=1S/C31H33FN6O2/c1-20-28(21-8-12-25(13-9-21)40-26-6-3-5-22(32)17-26)29-30(33)34-19-35-31(29)38(20)24-14-16-37(18-24)27(39)7-4-15-36(2)23-10-11-23/h3-9,12-13,17,19,23-24H,10-11,14-16,18H2,1-2H3,(H2,33,34,35)/b7-4+/t24-/m1/s1. The molecule has 9 heteroatoms. The number of hydrogen-bond acceptors (Lipinski definition) is 6. The first-order valence-electron chi connectivity index (χ1n) is 13.7. The van der Waals surface area contributed by atoms with Gasteiger partial charge in [0, 0.05) is 49.1 Å². The molecule has 4 aromatic rings. The molecule has 6 rings (SSSR count). The molecule has 1 aliphatic heterocycles. The average Bonchev–Trinajstić information content (AvgIpc) is 3.60. The molecule has 2 aromatic carbocycles. The van der Waals surface area contributed by atoms with Crippen molar-refractivity contribution in [2.24, 2.45) is 0 Å². The van der Waals surface area contributed by atoms with Crippen molar-refractivity contribution < 1.29 is 13.9 Å². The van der Waals surface area contributed by atoms with Gasteiger partial charge in [-0.1, -0.05) is 24.3 Å². The highest BCUT2D eigenvalue weighted by Gasteiger charge is 2.31. The molecule has 2 aliphatic rings. The van der Waals surface area contributed by atoms with Gasteiger partial charge in [0.25, 0.3) is 0 Å². The van der Waals surface area contributed by atoms with E-state index in [1.807, 2.05) is 35.2 Å². The zero-order chi connectivity index (χ0) is 27.8. The molecule has 1 amide bonds. The van der Waals surface area contributed by atoms with E-state index < -0.39 is 0 Å². The SMILES string of the molecule is Cc1c(-c2ccc(Oc3cccc(F)c3)cc2)c2c(N)ncnc2n1[C@@H]1CCN(C(=O)/C=C/CN(C)C2CC2)C1. The second kappa shape index (κ2) is 10.7. The first-order valence-corrected chi connectivity index (χ1v) is 13.7. The normalized spacial score (nSPS) is 17.4. The number of nitrogens with zero attached hydrogens (tertiary/aromatic N) is 5. The Morgan fingerprint density at radius 1 is 1.15 bits per heavy atom. The van der Waals surface area contributed by atoms with Gasteiger partial charge >= 0.3 is 0 Å². The summed E-state index contributed by atoms with van der Waals surface area (Å²) in [5.41, 5.74) is 10.1. The van der Waals surface area contributed by atoms with Crippen molar-refractivity contribution in [2.45, 2.75) is 38.3 Å². The summed E-state index contributed by atoms with van der Waals surface area (Å²) in [6.07, 6.45) is 8.50. The van der Waals surface area contributed by atoms with E-state index in [0.29, 0.717) is 36.4 Å². The largest absolute Gasteiger partial charge is 0.457 e. The molecule has 0 radical (unpaired) electrons. The van der Waals surface area contributed by atoms with Crippen LogP contribution in [0.2, 0.25) is 0 Å². The monoisotopic (exact) mass is 540 g/mol. The van der Waals surface area contributed by atoms with Crippen LogP contribution >= 0.6 is 0 Å². The fraction of sp³-hybridized carbons (Fsp3) is 0.323. The first kappa shape index (κ1) is 26.0. The second-order valence-electron chi connectivity index (χ2n) is 10.7. The van der Waals surface area contributed by atoms with Crippen LogP contribution in [0, 0.1) is 12.7 Å². The van der Waals surface area contributed by atoms with E-state index in [1.54, 1.807) is 18.2 Å². The lowest BCUT2D eigenvalue weighted by atomic mass is 10.0. The number of nitrogen functional groups attached to an aromatic ring is 1. The van der Waals surface area contributed by atoms with Crippen molar-refractivity contribution in [2.75, 3.05) is 32.4 Å². The van der Waals surface area contributed by atoms with Gasteiger partial charge in [-0.05, 0) is 63.1 Å². The molecule has 1 saturated carbocycles. The third kappa shape index (κ3) is 5.16. The smallest absolute Gasteiger partial charge is 0.246 e. The van der Waals surface area contributed by atoms with Crippen LogP contribution in [0.25, 0.3) is 22.2 Å². The number of fused-ring (bicyclic) bond motifs is 1. The summed E-state index contributed by atoms with van der Waals surface area (Å²) in [5, 5.41) is 0.798. The van der Waals surface area contributed by atoms with E-state index >= 15 is 0 Å². The van der Waals surface area contributed by atoms with Gasteiger partial charge in [0.15, 0.2) is 0 Å².